The van der Waals surface area contributed by atoms with Gasteiger partial charge in [0, 0.05) is 10.9 Å². The zero-order valence-electron chi connectivity index (χ0n) is 10.6. The summed E-state index contributed by atoms with van der Waals surface area (Å²) in [5, 5.41) is 5.25. The monoisotopic (exact) mass is 275 g/mol. The maximum absolute atomic E-state index is 11.9. The third kappa shape index (κ3) is 2.04. The SMILES string of the molecule is CC1(C)Oc2ccc(-c3csc(N)n3)cc2NC1=O. The van der Waals surface area contributed by atoms with Crippen molar-refractivity contribution < 1.29 is 9.53 Å². The highest BCUT2D eigenvalue weighted by atomic mass is 32.1. The van der Waals surface area contributed by atoms with Crippen LogP contribution < -0.4 is 15.8 Å². The number of amides is 1. The Bertz CT molecular complexity index is 664. The minimum Gasteiger partial charge on any atom is -0.476 e. The molecule has 2 aromatic rings. The van der Waals surface area contributed by atoms with Crippen LogP contribution in [0.25, 0.3) is 11.3 Å². The highest BCUT2D eigenvalue weighted by Crippen LogP contribution is 2.36. The second kappa shape index (κ2) is 3.96. The average Bonchev–Trinajstić information content (AvgIpc) is 2.76. The van der Waals surface area contributed by atoms with E-state index in [4.69, 9.17) is 10.5 Å². The van der Waals surface area contributed by atoms with Crippen molar-refractivity contribution >= 4 is 28.1 Å². The van der Waals surface area contributed by atoms with E-state index in [1.165, 1.54) is 11.3 Å². The van der Waals surface area contributed by atoms with Gasteiger partial charge in [-0.3, -0.25) is 4.79 Å². The fourth-order valence-electron chi connectivity index (χ4n) is 1.89. The van der Waals surface area contributed by atoms with E-state index in [2.05, 4.69) is 10.3 Å². The number of anilines is 2. The van der Waals surface area contributed by atoms with E-state index in [0.717, 1.165) is 11.3 Å². The third-order valence-corrected chi connectivity index (χ3v) is 3.63. The molecule has 0 aliphatic carbocycles. The van der Waals surface area contributed by atoms with Gasteiger partial charge >= 0.3 is 0 Å². The maximum atomic E-state index is 11.9. The van der Waals surface area contributed by atoms with Gasteiger partial charge in [0.1, 0.15) is 5.75 Å². The predicted octanol–water partition coefficient (Wildman–Crippen LogP) is 2.50. The van der Waals surface area contributed by atoms with Gasteiger partial charge in [-0.2, -0.15) is 0 Å². The van der Waals surface area contributed by atoms with Crippen LogP contribution in [0.15, 0.2) is 23.6 Å². The fourth-order valence-corrected chi connectivity index (χ4v) is 2.46. The molecule has 0 saturated heterocycles. The largest absolute Gasteiger partial charge is 0.476 e. The fraction of sp³-hybridized carbons (Fsp3) is 0.231. The van der Waals surface area contributed by atoms with Gasteiger partial charge in [-0.1, -0.05) is 0 Å². The molecule has 1 amide bonds. The minimum absolute atomic E-state index is 0.157. The number of thiazole rings is 1. The molecule has 0 saturated carbocycles. The van der Waals surface area contributed by atoms with Crippen molar-refractivity contribution in [3.63, 3.8) is 0 Å². The molecule has 3 N–H and O–H groups in total. The minimum atomic E-state index is -0.848. The molecule has 0 atom stereocenters. The predicted molar refractivity (Wildman–Crippen MR) is 75.3 cm³/mol. The van der Waals surface area contributed by atoms with Gasteiger partial charge in [-0.15, -0.1) is 11.3 Å². The van der Waals surface area contributed by atoms with Crippen LogP contribution in [-0.4, -0.2) is 16.5 Å². The molecule has 5 nitrogen and oxygen atoms in total. The molecule has 1 aliphatic heterocycles. The van der Waals surface area contributed by atoms with Gasteiger partial charge in [0.15, 0.2) is 10.7 Å². The second-order valence-corrected chi connectivity index (χ2v) is 5.74. The Morgan fingerprint density at radius 1 is 1.42 bits per heavy atom. The lowest BCUT2D eigenvalue weighted by molar-refractivity contribution is -0.129. The summed E-state index contributed by atoms with van der Waals surface area (Å²) in [5.74, 6) is 0.506. The summed E-state index contributed by atoms with van der Waals surface area (Å²) >= 11 is 1.39. The summed E-state index contributed by atoms with van der Waals surface area (Å²) < 4.78 is 5.67. The smallest absolute Gasteiger partial charge is 0.268 e. The van der Waals surface area contributed by atoms with E-state index in [1.54, 1.807) is 13.8 Å². The Labute approximate surface area is 114 Å². The summed E-state index contributed by atoms with van der Waals surface area (Å²) in [7, 11) is 0. The number of fused-ring (bicyclic) bond motifs is 1. The molecule has 1 aliphatic rings. The summed E-state index contributed by atoms with van der Waals surface area (Å²) in [5.41, 5.74) is 7.13. The van der Waals surface area contributed by atoms with Gasteiger partial charge in [0.05, 0.1) is 11.4 Å². The Balaban J connectivity index is 2.02. The van der Waals surface area contributed by atoms with E-state index in [-0.39, 0.29) is 5.91 Å². The zero-order valence-corrected chi connectivity index (χ0v) is 11.4. The molecule has 0 spiro atoms. The first kappa shape index (κ1) is 12.0. The van der Waals surface area contributed by atoms with E-state index in [0.29, 0.717) is 16.6 Å². The molecule has 3 rings (SSSR count). The van der Waals surface area contributed by atoms with Gasteiger partial charge < -0.3 is 15.8 Å². The van der Waals surface area contributed by atoms with Gasteiger partial charge in [-0.25, -0.2) is 4.98 Å². The number of carbonyl (C=O) groups is 1. The van der Waals surface area contributed by atoms with Crippen LogP contribution in [0.5, 0.6) is 5.75 Å². The van der Waals surface area contributed by atoms with Crippen molar-refractivity contribution in [3.05, 3.63) is 23.6 Å². The van der Waals surface area contributed by atoms with Gasteiger partial charge in [-0.05, 0) is 32.0 Å². The topological polar surface area (TPSA) is 77.2 Å². The number of aromatic nitrogens is 1. The average molecular weight is 275 g/mol. The van der Waals surface area contributed by atoms with Crippen molar-refractivity contribution in [2.45, 2.75) is 19.4 Å². The van der Waals surface area contributed by atoms with Crippen LogP contribution >= 0.6 is 11.3 Å². The van der Waals surface area contributed by atoms with Crippen molar-refractivity contribution in [1.82, 2.24) is 4.98 Å². The number of nitrogen functional groups attached to an aromatic ring is 1. The van der Waals surface area contributed by atoms with Crippen molar-refractivity contribution in [2.24, 2.45) is 0 Å². The number of carbonyl (C=O) groups excluding carboxylic acids is 1. The number of nitrogens with zero attached hydrogens (tertiary/aromatic N) is 1. The lowest BCUT2D eigenvalue weighted by Crippen LogP contribution is -2.45. The lowest BCUT2D eigenvalue weighted by atomic mass is 10.0. The standard InChI is InChI=1S/C13H13N3O2S/c1-13(2)11(17)15-8-5-7(3-4-10(8)18-13)9-6-19-12(14)16-9/h3-6H,1-2H3,(H2,14,16)(H,15,17). The quantitative estimate of drug-likeness (QED) is 0.838. The third-order valence-electron chi connectivity index (χ3n) is 2.96. The second-order valence-electron chi connectivity index (χ2n) is 4.85. The molecular formula is C13H13N3O2S. The van der Waals surface area contributed by atoms with Crippen LogP contribution in [0.2, 0.25) is 0 Å². The van der Waals surface area contributed by atoms with Gasteiger partial charge in [0.2, 0.25) is 0 Å². The van der Waals surface area contributed by atoms with Crippen molar-refractivity contribution in [3.8, 4) is 17.0 Å². The summed E-state index contributed by atoms with van der Waals surface area (Å²) in [6.07, 6.45) is 0. The summed E-state index contributed by atoms with van der Waals surface area (Å²) in [4.78, 5) is 16.1. The number of nitrogens with two attached hydrogens (primary N) is 1. The van der Waals surface area contributed by atoms with E-state index in [1.807, 2.05) is 23.6 Å². The molecule has 2 heterocycles. The Morgan fingerprint density at radius 3 is 2.89 bits per heavy atom. The lowest BCUT2D eigenvalue weighted by Gasteiger charge is -2.31. The molecule has 98 valence electrons. The molecular weight excluding hydrogens is 262 g/mol. The number of ether oxygens (including phenoxy) is 1. The van der Waals surface area contributed by atoms with E-state index < -0.39 is 5.60 Å². The molecule has 0 bridgehead atoms. The number of nitrogens with one attached hydrogen (secondary N) is 1. The number of rotatable bonds is 1. The summed E-state index contributed by atoms with van der Waals surface area (Å²) in [6, 6.07) is 5.58. The highest BCUT2D eigenvalue weighted by Gasteiger charge is 2.35. The Morgan fingerprint density at radius 2 is 2.21 bits per heavy atom. The first-order valence-corrected chi connectivity index (χ1v) is 6.69. The highest BCUT2D eigenvalue weighted by molar-refractivity contribution is 7.13. The first-order valence-electron chi connectivity index (χ1n) is 5.81. The Hall–Kier alpha value is -2.08. The Kier molecular flexibility index (Phi) is 2.50. The van der Waals surface area contributed by atoms with Crippen LogP contribution in [0.4, 0.5) is 10.8 Å². The molecule has 0 unspecified atom stereocenters. The van der Waals surface area contributed by atoms with E-state index >= 15 is 0 Å². The number of benzene rings is 1. The van der Waals surface area contributed by atoms with Crippen LogP contribution in [0.1, 0.15) is 13.8 Å². The molecule has 19 heavy (non-hydrogen) atoms. The van der Waals surface area contributed by atoms with Crippen molar-refractivity contribution in [2.75, 3.05) is 11.1 Å². The normalized spacial score (nSPS) is 16.4. The zero-order chi connectivity index (χ0) is 13.6. The maximum Gasteiger partial charge on any atom is 0.268 e. The van der Waals surface area contributed by atoms with Crippen LogP contribution in [0.3, 0.4) is 0 Å². The van der Waals surface area contributed by atoms with Gasteiger partial charge in [0.25, 0.3) is 5.91 Å². The molecule has 1 aromatic carbocycles. The van der Waals surface area contributed by atoms with Crippen LogP contribution in [0, 0.1) is 0 Å². The first-order chi connectivity index (χ1) is 8.95. The molecule has 1 aromatic heterocycles. The van der Waals surface area contributed by atoms with Crippen molar-refractivity contribution in [1.29, 1.82) is 0 Å². The van der Waals surface area contributed by atoms with E-state index in [9.17, 15) is 4.79 Å². The summed E-state index contributed by atoms with van der Waals surface area (Å²) in [6.45, 7) is 3.47. The molecule has 6 heteroatoms. The molecule has 0 fully saturated rings. The number of hydrogen-bond donors (Lipinski definition) is 2. The molecule has 0 radical (unpaired) electrons. The van der Waals surface area contributed by atoms with Crippen LogP contribution in [-0.2, 0) is 4.79 Å². The number of hydrogen-bond acceptors (Lipinski definition) is 5.